The predicted octanol–water partition coefficient (Wildman–Crippen LogP) is -1.43. The van der Waals surface area contributed by atoms with Crippen molar-refractivity contribution in [3.8, 4) is 28.7 Å². The summed E-state index contributed by atoms with van der Waals surface area (Å²) < 4.78 is 12.1. The molecule has 4 heterocycles. The number of phenolic OH excluding ortho intramolecular Hbond substituents is 3. The zero-order chi connectivity index (χ0) is 69.7. The lowest BCUT2D eigenvalue weighted by Gasteiger charge is -2.36. The fourth-order valence-corrected chi connectivity index (χ4v) is 13.6. The Morgan fingerprint density at radius 1 is 0.698 bits per heavy atom. The van der Waals surface area contributed by atoms with Crippen molar-refractivity contribution in [1.29, 1.82) is 0 Å². The molecule has 0 saturated carbocycles. The summed E-state index contributed by atoms with van der Waals surface area (Å²) in [5, 5.41) is 61.9. The van der Waals surface area contributed by atoms with Gasteiger partial charge in [-0.15, -0.1) is 0 Å². The van der Waals surface area contributed by atoms with Crippen LogP contribution in [0.1, 0.15) is 108 Å². The van der Waals surface area contributed by atoms with Gasteiger partial charge in [-0.3, -0.25) is 57.5 Å². The van der Waals surface area contributed by atoms with Crippen LogP contribution in [0, 0.1) is 5.92 Å². The van der Waals surface area contributed by atoms with Crippen LogP contribution in [0.5, 0.6) is 28.7 Å². The molecule has 0 bridgehead atoms. The third-order valence-electron chi connectivity index (χ3n) is 16.5. The van der Waals surface area contributed by atoms with Crippen LogP contribution >= 0.6 is 21.6 Å². The molecule has 1 unspecified atom stereocenters. The van der Waals surface area contributed by atoms with Crippen LogP contribution in [0.3, 0.4) is 0 Å². The fourth-order valence-electron chi connectivity index (χ4n) is 11.3. The zero-order valence-electron chi connectivity index (χ0n) is 52.0. The van der Waals surface area contributed by atoms with Crippen LogP contribution in [0.4, 0.5) is 0 Å². The van der Waals surface area contributed by atoms with Gasteiger partial charge in [-0.1, -0.05) is 60.1 Å². The van der Waals surface area contributed by atoms with Crippen molar-refractivity contribution < 1.29 is 92.2 Å². The minimum atomic E-state index is -1.86. The first kappa shape index (κ1) is 71.7. The van der Waals surface area contributed by atoms with Gasteiger partial charge in [-0.25, -0.2) is 4.79 Å². The molecule has 4 aliphatic heterocycles. The number of nitrogens with one attached hydrogen (secondary N) is 8. The number of aromatic hydroxyl groups is 3. The zero-order valence-corrected chi connectivity index (χ0v) is 53.6. The summed E-state index contributed by atoms with van der Waals surface area (Å²) >= 11 is 0. The number of aliphatic hydroxyl groups excluding tert-OH is 1. The first-order chi connectivity index (χ1) is 45.7. The maximum Gasteiger partial charge on any atom is 0.340 e. The molecular weight excluding hydrogens is 1290 g/mol. The maximum absolute atomic E-state index is 14.9. The van der Waals surface area contributed by atoms with Crippen LogP contribution in [0.25, 0.3) is 0 Å². The van der Waals surface area contributed by atoms with E-state index >= 15 is 0 Å². The molecule has 4 aromatic carbocycles. The smallest absolute Gasteiger partial charge is 0.340 e. The molecule has 2 saturated heterocycles. The van der Waals surface area contributed by atoms with Gasteiger partial charge in [0, 0.05) is 71.8 Å². The van der Waals surface area contributed by atoms with Gasteiger partial charge in [-0.2, -0.15) is 0 Å². The molecule has 12 amide bonds. The molecule has 33 heteroatoms. The van der Waals surface area contributed by atoms with Gasteiger partial charge in [0.05, 0.1) is 18.5 Å². The van der Waals surface area contributed by atoms with Gasteiger partial charge in [-0.05, 0) is 92.1 Å². The number of aliphatic hydroxyl groups is 1. The van der Waals surface area contributed by atoms with E-state index < -0.39 is 163 Å². The van der Waals surface area contributed by atoms with Gasteiger partial charge in [0.25, 0.3) is 5.91 Å². The number of nitrogens with two attached hydrogens (primary N) is 3. The number of benzene rings is 4. The van der Waals surface area contributed by atoms with Crippen LogP contribution in [0.15, 0.2) is 78.9 Å². The SMILES string of the molecule is CC[C@H](C)[C@@H]1NC(=O)[C@H](Cc2ccc(O)cc2)NC(=O)C(O)CSSC[C@@H](C(=O)N2CCC[C@H]2C(=O)N[C@@H](CCCNC(=O)c2ccc3c(c2)C(=O)OC32c3ccc(O)cc3Oc3cc(O)ccc32)C(=O)NCC(N)=O)NC(=O)[C@H](CC(N)=O)NC(=O)[C@H](CCC(N)=O)NC1=O. The normalized spacial score (nSPS) is 21.9. The third-order valence-corrected chi connectivity index (χ3v) is 18.9. The summed E-state index contributed by atoms with van der Waals surface area (Å²) in [5.41, 5.74) is 16.3. The van der Waals surface area contributed by atoms with E-state index in [4.69, 9.17) is 26.7 Å². The minimum absolute atomic E-state index is 0.00621. The summed E-state index contributed by atoms with van der Waals surface area (Å²) in [6, 6.07) is 7.76. The number of esters is 1. The Kier molecular flexibility index (Phi) is 23.8. The van der Waals surface area contributed by atoms with E-state index in [1.807, 2.05) is 0 Å². The van der Waals surface area contributed by atoms with Crippen LogP contribution in [-0.4, -0.2) is 182 Å². The Morgan fingerprint density at radius 3 is 1.96 bits per heavy atom. The Bertz CT molecular complexity index is 3660. The molecule has 31 nitrogen and oxygen atoms in total. The van der Waals surface area contributed by atoms with Gasteiger partial charge in [0.2, 0.25) is 65.0 Å². The number of amides is 12. The standard InChI is InChI=1S/C63H74N12O19S2/c1-3-30(2)52-60(90)70-41(18-19-49(64)80)55(85)71-43(26-50(65)81)56(86)73-44(28-95-96-29-46(79)59(89)72-42(57(87)74-52)22-31-8-11-33(76)12-9-31)61(91)75-21-5-7-45(75)58(88)69-40(54(84)68-27-51(66)82)6-4-20-67-53(83)32-10-15-37-36(23-32)62(92)94-63(37)38-16-13-34(77)24-47(38)93-48-25-35(78)14-17-39(48)63/h8-17,23-25,30,40-46,52,76-79H,3-7,18-22,26-29H2,1-2H3,(H2,64,80)(H2,65,81)(H2,66,82)(H,67,83)(H,68,84)(H,69,88)(H,70,90)(H,71,85)(H,72,89)(H,73,86)(H,74,87)/t30-,40-,41-,42-,43-,44-,45-,46?,52-/m0/s1. The van der Waals surface area contributed by atoms with E-state index in [0.717, 1.165) is 26.5 Å². The number of primary amides is 3. The van der Waals surface area contributed by atoms with Crippen molar-refractivity contribution >= 4 is 98.4 Å². The summed E-state index contributed by atoms with van der Waals surface area (Å²) in [5.74, 6) is -13.6. The monoisotopic (exact) mass is 1370 g/mol. The van der Waals surface area contributed by atoms with E-state index in [-0.39, 0.29) is 103 Å². The van der Waals surface area contributed by atoms with Crippen LogP contribution in [0.2, 0.25) is 0 Å². The lowest BCUT2D eigenvalue weighted by atomic mass is 9.77. The number of rotatable bonds is 20. The average molecular weight is 1370 g/mol. The number of hydrogen-bond acceptors (Lipinski definition) is 21. The quantitative estimate of drug-likeness (QED) is 0.0274. The Hall–Kier alpha value is -10.1. The van der Waals surface area contributed by atoms with Gasteiger partial charge in [0.15, 0.2) is 5.60 Å². The minimum Gasteiger partial charge on any atom is -0.508 e. The molecule has 8 rings (SSSR count). The second-order valence-electron chi connectivity index (χ2n) is 23.4. The van der Waals surface area contributed by atoms with Gasteiger partial charge >= 0.3 is 5.97 Å². The first-order valence-electron chi connectivity index (χ1n) is 30.6. The summed E-state index contributed by atoms with van der Waals surface area (Å²) in [6.07, 6.45) is -3.50. The topological polar surface area (TPSA) is 499 Å². The number of likely N-dealkylation sites (tertiary alicyclic amines) is 1. The fraction of sp³-hybridized carbons (Fsp3) is 0.413. The van der Waals surface area contributed by atoms with Gasteiger partial charge < -0.3 is 94.5 Å². The molecule has 512 valence electrons. The molecule has 0 aromatic heterocycles. The average Bonchev–Trinajstić information content (AvgIpc) is 1.47. The lowest BCUT2D eigenvalue weighted by molar-refractivity contribution is -0.142. The van der Waals surface area contributed by atoms with Crippen molar-refractivity contribution in [3.05, 3.63) is 112 Å². The van der Waals surface area contributed by atoms with Crippen molar-refractivity contribution in [1.82, 2.24) is 47.4 Å². The lowest BCUT2D eigenvalue weighted by Crippen LogP contribution is -2.61. The molecule has 4 aliphatic rings. The Morgan fingerprint density at radius 2 is 1.31 bits per heavy atom. The van der Waals surface area contributed by atoms with Crippen molar-refractivity contribution in [2.75, 3.05) is 31.1 Å². The van der Waals surface area contributed by atoms with E-state index in [2.05, 4.69) is 42.5 Å². The van der Waals surface area contributed by atoms with E-state index in [9.17, 15) is 82.8 Å². The highest BCUT2D eigenvalue weighted by Crippen LogP contribution is 2.57. The molecule has 9 atom stereocenters. The molecule has 0 radical (unpaired) electrons. The predicted molar refractivity (Wildman–Crippen MR) is 343 cm³/mol. The molecule has 0 aliphatic carbocycles. The third kappa shape index (κ3) is 17.4. The number of hydrogen-bond donors (Lipinski definition) is 15. The number of ether oxygens (including phenoxy) is 2. The van der Waals surface area contributed by atoms with E-state index in [0.29, 0.717) is 22.3 Å². The molecular formula is C63H74N12O19S2. The summed E-state index contributed by atoms with van der Waals surface area (Å²) in [6.45, 7) is 2.48. The highest BCUT2D eigenvalue weighted by molar-refractivity contribution is 8.76. The number of nitrogens with zero attached hydrogens (tertiary/aromatic N) is 1. The highest BCUT2D eigenvalue weighted by atomic mass is 33.1. The van der Waals surface area contributed by atoms with Crippen molar-refractivity contribution in [2.24, 2.45) is 23.1 Å². The van der Waals surface area contributed by atoms with E-state index in [1.54, 1.807) is 13.8 Å². The van der Waals surface area contributed by atoms with Gasteiger partial charge in [0.1, 0.15) is 77.1 Å². The van der Waals surface area contributed by atoms with E-state index in [1.165, 1.54) is 78.9 Å². The second kappa shape index (κ2) is 31.9. The summed E-state index contributed by atoms with van der Waals surface area (Å²) in [4.78, 5) is 179. The molecule has 18 N–H and O–H groups in total. The number of phenols is 3. The molecule has 4 aromatic rings. The van der Waals surface area contributed by atoms with Crippen molar-refractivity contribution in [3.63, 3.8) is 0 Å². The summed E-state index contributed by atoms with van der Waals surface area (Å²) in [7, 11) is 1.73. The first-order valence-corrected chi connectivity index (χ1v) is 33.1. The van der Waals surface area contributed by atoms with Crippen LogP contribution < -0.4 is 64.5 Å². The molecule has 96 heavy (non-hydrogen) atoms. The molecule has 1 spiro atoms. The number of carbonyl (C=O) groups excluding carboxylic acids is 13. The Labute approximate surface area is 556 Å². The largest absolute Gasteiger partial charge is 0.508 e. The highest BCUT2D eigenvalue weighted by Gasteiger charge is 2.54. The van der Waals surface area contributed by atoms with Crippen molar-refractivity contribution in [2.45, 2.75) is 126 Å². The Balaban J connectivity index is 0.990. The van der Waals surface area contributed by atoms with Crippen LogP contribution in [-0.2, 0) is 69.5 Å². The number of carbonyl (C=O) groups is 13. The number of fused-ring (bicyclic) bond motifs is 6. The second-order valence-corrected chi connectivity index (χ2v) is 25.9. The molecule has 2 fully saturated rings. The maximum atomic E-state index is 14.9.